The number of aromatic nitrogens is 4. The van der Waals surface area contributed by atoms with Crippen LogP contribution in [0.1, 0.15) is 13.2 Å². The molecule has 2 atom stereocenters. The number of likely N-dealkylation sites (N-methyl/N-ethyl adjacent to an activating group) is 1. The summed E-state index contributed by atoms with van der Waals surface area (Å²) >= 11 is 0. The molecule has 24 heavy (non-hydrogen) atoms. The first-order chi connectivity index (χ1) is 11.2. The number of rotatable bonds is 3. The lowest BCUT2D eigenvalue weighted by Gasteiger charge is -2.31. The van der Waals surface area contributed by atoms with Crippen LogP contribution >= 0.6 is 0 Å². The molecule has 1 saturated heterocycles. The predicted octanol–water partition coefficient (Wildman–Crippen LogP) is -3.20. The molecule has 2 aromatic rings. The van der Waals surface area contributed by atoms with Crippen LogP contribution in [0.25, 0.3) is 11.2 Å². The van der Waals surface area contributed by atoms with E-state index in [0.29, 0.717) is 0 Å². The summed E-state index contributed by atoms with van der Waals surface area (Å²) in [5.74, 6) is -7.38. The van der Waals surface area contributed by atoms with Gasteiger partial charge < -0.3 is 36.2 Å². The summed E-state index contributed by atoms with van der Waals surface area (Å²) in [6.07, 6.45) is -1.50. The molecule has 0 aliphatic carbocycles. The summed E-state index contributed by atoms with van der Waals surface area (Å²) in [6.45, 7) is 1.79. The molecule has 1 aliphatic rings. The Morgan fingerprint density at radius 1 is 1.33 bits per heavy atom. The zero-order valence-corrected chi connectivity index (χ0v) is 12.5. The maximum Gasteiger partial charge on any atom is 0.268 e. The van der Waals surface area contributed by atoms with Crippen molar-refractivity contribution in [1.82, 2.24) is 24.8 Å². The molecule has 1 aliphatic heterocycles. The number of imidazole rings is 1. The van der Waals surface area contributed by atoms with Crippen LogP contribution < -0.4 is 11.1 Å². The number of carbonyl (C=O) groups excluding carboxylic acids is 1. The highest BCUT2D eigenvalue weighted by Crippen LogP contribution is 2.43. The normalized spacial score (nSPS) is 25.0. The number of nitrogen functional groups attached to an aromatic ring is 1. The molecular weight excluding hydrogens is 324 g/mol. The topological polar surface area (TPSA) is 189 Å². The van der Waals surface area contributed by atoms with E-state index in [9.17, 15) is 25.2 Å². The lowest BCUT2D eigenvalue weighted by atomic mass is 10.0. The Labute approximate surface area is 134 Å². The summed E-state index contributed by atoms with van der Waals surface area (Å²) in [5.41, 5.74) is 5.86. The van der Waals surface area contributed by atoms with Crippen LogP contribution in [0.3, 0.4) is 0 Å². The molecule has 0 radical (unpaired) electrons. The summed E-state index contributed by atoms with van der Waals surface area (Å²) in [7, 11) is 0. The van der Waals surface area contributed by atoms with Crippen LogP contribution in [0.2, 0.25) is 0 Å². The maximum atomic E-state index is 11.9. The zero-order valence-electron chi connectivity index (χ0n) is 12.5. The standard InChI is InChI=1S/C12H16N6O6/c1-2-14-9(19)6-11(20,21)12(22,23)10(24-6)18-4-17-5-7(13)15-3-16-8(5)18/h3-4,6,10,20-23H,2H2,1H3,(H,14,19)(H2,13,15,16)/t6-,10?/m1/s1. The van der Waals surface area contributed by atoms with Gasteiger partial charge in [-0.3, -0.25) is 9.36 Å². The molecule has 2 aromatic heterocycles. The lowest BCUT2D eigenvalue weighted by molar-refractivity contribution is -0.351. The van der Waals surface area contributed by atoms with E-state index in [4.69, 9.17) is 10.5 Å². The molecule has 12 heteroatoms. The molecule has 3 heterocycles. The molecule has 1 amide bonds. The Hall–Kier alpha value is -2.38. The molecule has 1 unspecified atom stereocenters. The fourth-order valence-electron chi connectivity index (χ4n) is 2.51. The summed E-state index contributed by atoms with van der Waals surface area (Å²) in [6, 6.07) is 0. The molecule has 7 N–H and O–H groups in total. The smallest absolute Gasteiger partial charge is 0.268 e. The van der Waals surface area contributed by atoms with Crippen molar-refractivity contribution in [2.75, 3.05) is 12.3 Å². The van der Waals surface area contributed by atoms with E-state index >= 15 is 0 Å². The number of nitrogens with two attached hydrogens (primary N) is 1. The molecule has 0 bridgehead atoms. The van der Waals surface area contributed by atoms with Gasteiger partial charge in [-0.2, -0.15) is 0 Å². The van der Waals surface area contributed by atoms with Crippen molar-refractivity contribution >= 4 is 22.9 Å². The van der Waals surface area contributed by atoms with Crippen molar-refractivity contribution in [2.24, 2.45) is 0 Å². The van der Waals surface area contributed by atoms with Crippen LogP contribution in [-0.4, -0.2) is 70.1 Å². The molecular formula is C12H16N6O6. The summed E-state index contributed by atoms with van der Waals surface area (Å²) in [4.78, 5) is 23.5. The van der Waals surface area contributed by atoms with Crippen LogP contribution in [0.5, 0.6) is 0 Å². The average Bonchev–Trinajstić information content (AvgIpc) is 2.99. The first-order valence-corrected chi connectivity index (χ1v) is 6.97. The summed E-state index contributed by atoms with van der Waals surface area (Å²) in [5, 5.41) is 42.8. The van der Waals surface area contributed by atoms with Gasteiger partial charge in [-0.25, -0.2) is 15.0 Å². The first kappa shape index (κ1) is 16.5. The van der Waals surface area contributed by atoms with Crippen molar-refractivity contribution in [3.05, 3.63) is 12.7 Å². The van der Waals surface area contributed by atoms with E-state index in [1.807, 2.05) is 0 Å². The van der Waals surface area contributed by atoms with Gasteiger partial charge in [0.25, 0.3) is 17.5 Å². The largest absolute Gasteiger partial charge is 0.382 e. The Balaban J connectivity index is 2.07. The second-order valence-corrected chi connectivity index (χ2v) is 5.30. The van der Waals surface area contributed by atoms with Crippen molar-refractivity contribution in [3.63, 3.8) is 0 Å². The van der Waals surface area contributed by atoms with Crippen LogP contribution in [0.4, 0.5) is 5.82 Å². The molecule has 12 nitrogen and oxygen atoms in total. The van der Waals surface area contributed by atoms with Gasteiger partial charge in [-0.05, 0) is 6.92 Å². The monoisotopic (exact) mass is 340 g/mol. The second kappa shape index (κ2) is 5.32. The number of hydrogen-bond donors (Lipinski definition) is 6. The molecule has 130 valence electrons. The predicted molar refractivity (Wildman–Crippen MR) is 76.7 cm³/mol. The highest BCUT2D eigenvalue weighted by Gasteiger charge is 2.68. The van der Waals surface area contributed by atoms with E-state index in [1.165, 1.54) is 0 Å². The number of nitrogens with zero attached hydrogens (tertiary/aromatic N) is 4. The second-order valence-electron chi connectivity index (χ2n) is 5.30. The SMILES string of the molecule is CCNC(=O)[C@H]1OC(n2cnc3c(N)ncnc32)C(O)(O)C1(O)O. The molecule has 0 saturated carbocycles. The third-order valence-corrected chi connectivity index (χ3v) is 3.75. The van der Waals surface area contributed by atoms with Crippen molar-refractivity contribution in [1.29, 1.82) is 0 Å². The number of nitrogens with one attached hydrogen (secondary N) is 1. The number of anilines is 1. The zero-order chi connectivity index (χ0) is 17.7. The van der Waals surface area contributed by atoms with Gasteiger partial charge in [0.15, 0.2) is 23.8 Å². The number of fused-ring (bicyclic) bond motifs is 1. The number of hydrogen-bond acceptors (Lipinski definition) is 10. The minimum Gasteiger partial charge on any atom is -0.382 e. The van der Waals surface area contributed by atoms with Gasteiger partial charge in [0, 0.05) is 6.54 Å². The third kappa shape index (κ3) is 2.12. The Morgan fingerprint density at radius 2 is 2.04 bits per heavy atom. The molecule has 0 aromatic carbocycles. The van der Waals surface area contributed by atoms with E-state index < -0.39 is 29.8 Å². The maximum absolute atomic E-state index is 11.9. The van der Waals surface area contributed by atoms with Gasteiger partial charge in [0.05, 0.1) is 6.33 Å². The average molecular weight is 340 g/mol. The molecule has 0 spiro atoms. The van der Waals surface area contributed by atoms with Crippen molar-refractivity contribution in [3.8, 4) is 0 Å². The van der Waals surface area contributed by atoms with Gasteiger partial charge in [0.2, 0.25) is 0 Å². The Bertz CT molecular complexity index is 789. The lowest BCUT2D eigenvalue weighted by Crippen LogP contribution is -2.61. The van der Waals surface area contributed by atoms with E-state index in [2.05, 4.69) is 20.3 Å². The van der Waals surface area contributed by atoms with Gasteiger partial charge in [0.1, 0.15) is 11.8 Å². The highest BCUT2D eigenvalue weighted by atomic mass is 16.7. The fraction of sp³-hybridized carbons (Fsp3) is 0.500. The van der Waals surface area contributed by atoms with Crippen LogP contribution in [0, 0.1) is 0 Å². The number of carbonyl (C=O) groups is 1. The van der Waals surface area contributed by atoms with E-state index in [1.54, 1.807) is 6.92 Å². The molecule has 3 rings (SSSR count). The van der Waals surface area contributed by atoms with Gasteiger partial charge in [-0.1, -0.05) is 0 Å². The first-order valence-electron chi connectivity index (χ1n) is 6.97. The van der Waals surface area contributed by atoms with Crippen molar-refractivity contribution < 1.29 is 30.0 Å². The number of ether oxygens (including phenoxy) is 1. The van der Waals surface area contributed by atoms with Crippen molar-refractivity contribution in [2.45, 2.75) is 30.8 Å². The van der Waals surface area contributed by atoms with E-state index in [-0.39, 0.29) is 23.5 Å². The summed E-state index contributed by atoms with van der Waals surface area (Å²) < 4.78 is 6.23. The van der Waals surface area contributed by atoms with Gasteiger partial charge in [-0.15, -0.1) is 0 Å². The van der Waals surface area contributed by atoms with E-state index in [0.717, 1.165) is 17.2 Å². The Kier molecular flexibility index (Phi) is 3.65. The fourth-order valence-corrected chi connectivity index (χ4v) is 2.51. The molecule has 1 fully saturated rings. The highest BCUT2D eigenvalue weighted by molar-refractivity contribution is 5.83. The number of aliphatic hydroxyl groups is 4. The minimum atomic E-state index is -3.27. The van der Waals surface area contributed by atoms with Crippen LogP contribution in [-0.2, 0) is 9.53 Å². The quantitative estimate of drug-likeness (QED) is 0.310. The minimum absolute atomic E-state index is 0.0396. The number of amides is 1. The van der Waals surface area contributed by atoms with Gasteiger partial charge >= 0.3 is 0 Å². The Morgan fingerprint density at radius 3 is 2.71 bits per heavy atom. The van der Waals surface area contributed by atoms with Crippen LogP contribution in [0.15, 0.2) is 12.7 Å². The third-order valence-electron chi connectivity index (χ3n) is 3.75.